The van der Waals surface area contributed by atoms with Crippen molar-refractivity contribution in [1.82, 2.24) is 0 Å². The molecule has 2 fully saturated rings. The van der Waals surface area contributed by atoms with Crippen LogP contribution in [-0.4, -0.2) is 0 Å². The highest BCUT2D eigenvalue weighted by Gasteiger charge is 2.62. The summed E-state index contributed by atoms with van der Waals surface area (Å²) in [4.78, 5) is 0. The van der Waals surface area contributed by atoms with E-state index in [-0.39, 0.29) is 0 Å². The van der Waals surface area contributed by atoms with Gasteiger partial charge in [0.25, 0.3) is 0 Å². The fourth-order valence-corrected chi connectivity index (χ4v) is 7.48. The van der Waals surface area contributed by atoms with Gasteiger partial charge >= 0.3 is 0 Å². The maximum absolute atomic E-state index is 4.66. The van der Waals surface area contributed by atoms with E-state index < -0.39 is 0 Å². The van der Waals surface area contributed by atoms with E-state index in [1.165, 1.54) is 31.3 Å². The molecule has 5 unspecified atom stereocenters. The van der Waals surface area contributed by atoms with Crippen molar-refractivity contribution in [3.8, 4) is 0 Å². The van der Waals surface area contributed by atoms with Gasteiger partial charge in [0, 0.05) is 0 Å². The Morgan fingerprint density at radius 1 is 1.04 bits per heavy atom. The third-order valence-corrected chi connectivity index (χ3v) is 8.06. The molecule has 0 heterocycles. The van der Waals surface area contributed by atoms with Gasteiger partial charge in [0.15, 0.2) is 0 Å². The molecular formula is C23H42. The van der Waals surface area contributed by atoms with Crippen LogP contribution in [0.15, 0.2) is 12.2 Å². The number of hydrogen-bond acceptors (Lipinski definition) is 0. The monoisotopic (exact) mass is 318 g/mol. The first-order valence-electron chi connectivity index (χ1n) is 10.0. The smallest absolute Gasteiger partial charge is 0.00949 e. The van der Waals surface area contributed by atoms with Gasteiger partial charge in [-0.1, -0.05) is 80.9 Å². The summed E-state index contributed by atoms with van der Waals surface area (Å²) >= 11 is 0. The molecule has 2 aliphatic carbocycles. The topological polar surface area (TPSA) is 0 Å². The summed E-state index contributed by atoms with van der Waals surface area (Å²) < 4.78 is 0. The summed E-state index contributed by atoms with van der Waals surface area (Å²) in [6.45, 7) is 27.2. The molecule has 5 atom stereocenters. The Morgan fingerprint density at radius 3 is 2.13 bits per heavy atom. The molecule has 0 nitrogen and oxygen atoms in total. The van der Waals surface area contributed by atoms with Gasteiger partial charge in [-0.15, -0.1) is 0 Å². The van der Waals surface area contributed by atoms with Gasteiger partial charge in [-0.05, 0) is 65.1 Å². The largest absolute Gasteiger partial charge is 0.0995 e. The Balaban J connectivity index is 2.54. The molecule has 2 aliphatic rings. The minimum Gasteiger partial charge on any atom is -0.0995 e. The average molecular weight is 319 g/mol. The van der Waals surface area contributed by atoms with Gasteiger partial charge in [-0.25, -0.2) is 0 Å². The summed E-state index contributed by atoms with van der Waals surface area (Å²) in [7, 11) is 0. The summed E-state index contributed by atoms with van der Waals surface area (Å²) in [6.07, 6.45) is 5.37. The summed E-state index contributed by atoms with van der Waals surface area (Å²) in [5, 5.41) is 0. The Labute approximate surface area is 146 Å². The third kappa shape index (κ3) is 2.93. The van der Waals surface area contributed by atoms with E-state index in [0.717, 1.165) is 17.8 Å². The number of rotatable bonds is 3. The second kappa shape index (κ2) is 5.92. The van der Waals surface area contributed by atoms with E-state index in [9.17, 15) is 0 Å². The minimum atomic E-state index is 0.351. The second-order valence-electron chi connectivity index (χ2n) is 11.0. The number of allylic oxidation sites excluding steroid dienone is 1. The molecule has 0 amide bonds. The predicted octanol–water partition coefficient (Wildman–Crippen LogP) is 7.35. The molecule has 134 valence electrons. The van der Waals surface area contributed by atoms with Crippen LogP contribution in [-0.2, 0) is 0 Å². The number of hydrogen-bond donors (Lipinski definition) is 0. The van der Waals surface area contributed by atoms with Crippen LogP contribution in [0, 0.1) is 45.8 Å². The molecule has 2 saturated carbocycles. The Bertz CT molecular complexity index is 453. The summed E-state index contributed by atoms with van der Waals surface area (Å²) in [5.41, 5.74) is 2.77. The van der Waals surface area contributed by atoms with E-state index in [4.69, 9.17) is 0 Å². The van der Waals surface area contributed by atoms with E-state index >= 15 is 0 Å². The molecule has 0 aromatic rings. The molecule has 0 radical (unpaired) electrons. The van der Waals surface area contributed by atoms with Crippen LogP contribution in [0.2, 0.25) is 0 Å². The van der Waals surface area contributed by atoms with E-state index in [1.807, 2.05) is 0 Å². The quantitative estimate of drug-likeness (QED) is 0.477. The van der Waals surface area contributed by atoms with Gasteiger partial charge in [0.1, 0.15) is 0 Å². The van der Waals surface area contributed by atoms with Crippen molar-refractivity contribution in [3.63, 3.8) is 0 Å². The molecule has 0 bridgehead atoms. The fourth-order valence-electron chi connectivity index (χ4n) is 7.48. The Kier molecular flexibility index (Phi) is 4.91. The summed E-state index contributed by atoms with van der Waals surface area (Å²) in [5.74, 6) is 3.75. The minimum absolute atomic E-state index is 0.351. The molecule has 0 N–H and O–H groups in total. The molecule has 0 aromatic carbocycles. The highest BCUT2D eigenvalue weighted by atomic mass is 14.7. The molecular weight excluding hydrogens is 276 g/mol. The van der Waals surface area contributed by atoms with Crippen LogP contribution in [0.25, 0.3) is 0 Å². The molecule has 0 saturated heterocycles. The van der Waals surface area contributed by atoms with Crippen LogP contribution in [0.5, 0.6) is 0 Å². The van der Waals surface area contributed by atoms with Gasteiger partial charge in [-0.3, -0.25) is 0 Å². The second-order valence-corrected chi connectivity index (χ2v) is 11.0. The number of fused-ring (bicyclic) bond motifs is 1. The normalized spacial score (nSPS) is 42.3. The molecule has 23 heavy (non-hydrogen) atoms. The molecule has 0 heteroatoms. The highest BCUT2D eigenvalue weighted by Crippen LogP contribution is 2.69. The van der Waals surface area contributed by atoms with Gasteiger partial charge in [0.05, 0.1) is 0 Å². The van der Waals surface area contributed by atoms with E-state index in [2.05, 4.69) is 68.9 Å². The zero-order valence-corrected chi connectivity index (χ0v) is 17.4. The van der Waals surface area contributed by atoms with Gasteiger partial charge in [0.2, 0.25) is 0 Å². The van der Waals surface area contributed by atoms with Crippen LogP contribution in [0.1, 0.15) is 88.0 Å². The first-order valence-corrected chi connectivity index (χ1v) is 10.0. The van der Waals surface area contributed by atoms with Crippen LogP contribution in [0.4, 0.5) is 0 Å². The van der Waals surface area contributed by atoms with Crippen molar-refractivity contribution in [2.24, 2.45) is 45.8 Å². The maximum atomic E-state index is 4.66. The Hall–Kier alpha value is -0.260. The zero-order chi connectivity index (χ0) is 17.8. The standard InChI is InChI=1S/C23H42/c1-15(2)14-16(3)19-22(8,9)18(5)17(4)20-21(6,7)12-11-13-23(19,20)10/h15,17-20H,3,11-14H2,1-2,4-10H3. The first kappa shape index (κ1) is 19.1. The van der Waals surface area contributed by atoms with Crippen molar-refractivity contribution in [3.05, 3.63) is 12.2 Å². The fraction of sp³-hybridized carbons (Fsp3) is 0.913. The molecule has 2 rings (SSSR count). The first-order chi connectivity index (χ1) is 10.4. The molecule has 0 aliphatic heterocycles. The lowest BCUT2D eigenvalue weighted by Crippen LogP contribution is -2.60. The van der Waals surface area contributed by atoms with Crippen LogP contribution < -0.4 is 0 Å². The SMILES string of the molecule is C=C(CC(C)C)C1C(C)(C)C(C)C(C)C2C(C)(C)CCCC21C. The third-order valence-electron chi connectivity index (χ3n) is 8.06. The highest BCUT2D eigenvalue weighted by molar-refractivity contribution is 5.20. The predicted molar refractivity (Wildman–Crippen MR) is 103 cm³/mol. The van der Waals surface area contributed by atoms with Crippen molar-refractivity contribution in [2.75, 3.05) is 0 Å². The Morgan fingerprint density at radius 2 is 1.61 bits per heavy atom. The average Bonchev–Trinajstić information content (AvgIpc) is 2.33. The molecule has 0 spiro atoms. The lowest BCUT2D eigenvalue weighted by atomic mass is 9.38. The zero-order valence-electron chi connectivity index (χ0n) is 17.4. The van der Waals surface area contributed by atoms with Crippen molar-refractivity contribution in [2.45, 2.75) is 88.0 Å². The van der Waals surface area contributed by atoms with Gasteiger partial charge in [-0.2, -0.15) is 0 Å². The van der Waals surface area contributed by atoms with Crippen LogP contribution in [0.3, 0.4) is 0 Å². The van der Waals surface area contributed by atoms with Gasteiger partial charge < -0.3 is 0 Å². The van der Waals surface area contributed by atoms with E-state index in [0.29, 0.717) is 28.1 Å². The van der Waals surface area contributed by atoms with Crippen molar-refractivity contribution < 1.29 is 0 Å². The maximum Gasteiger partial charge on any atom is -0.00949 e. The van der Waals surface area contributed by atoms with E-state index in [1.54, 1.807) is 0 Å². The lowest BCUT2D eigenvalue weighted by molar-refractivity contribution is -0.168. The van der Waals surface area contributed by atoms with Crippen molar-refractivity contribution >= 4 is 0 Å². The summed E-state index contributed by atoms with van der Waals surface area (Å²) in [6, 6.07) is 0. The lowest BCUT2D eigenvalue weighted by Gasteiger charge is -2.67. The van der Waals surface area contributed by atoms with Crippen molar-refractivity contribution in [1.29, 1.82) is 0 Å². The van der Waals surface area contributed by atoms with Crippen LogP contribution >= 0.6 is 0 Å². The molecule has 0 aromatic heterocycles.